The molecule has 2 rings (SSSR count). The second-order valence-electron chi connectivity index (χ2n) is 6.17. The first-order valence-corrected chi connectivity index (χ1v) is 8.84. The fraction of sp³-hybridized carbons (Fsp3) is 0.647. The van der Waals surface area contributed by atoms with E-state index in [4.69, 9.17) is 0 Å². The number of amides is 1. The Labute approximate surface area is 135 Å². The van der Waals surface area contributed by atoms with Gasteiger partial charge in [0.1, 0.15) is 0 Å². The van der Waals surface area contributed by atoms with Crippen LogP contribution in [0, 0.1) is 19.8 Å². The normalized spacial score (nSPS) is 21.6. The molecule has 2 atom stereocenters. The van der Waals surface area contributed by atoms with Gasteiger partial charge in [0.2, 0.25) is 5.91 Å². The molecule has 0 bridgehead atoms. The van der Waals surface area contributed by atoms with Gasteiger partial charge in [-0.2, -0.15) is 0 Å². The van der Waals surface area contributed by atoms with Gasteiger partial charge in [0, 0.05) is 40.6 Å². The van der Waals surface area contributed by atoms with Crippen LogP contribution >= 0.6 is 11.3 Å². The van der Waals surface area contributed by atoms with Crippen molar-refractivity contribution in [1.82, 2.24) is 5.32 Å². The Morgan fingerprint density at radius 3 is 2.64 bits per heavy atom. The highest BCUT2D eigenvalue weighted by molar-refractivity contribution is 7.12. The zero-order valence-corrected chi connectivity index (χ0v) is 14.2. The smallest absolute Gasteiger partial charge is 0.220 e. The molecule has 2 N–H and O–H groups in total. The van der Waals surface area contributed by atoms with Crippen molar-refractivity contribution < 1.29 is 14.7 Å². The van der Waals surface area contributed by atoms with E-state index in [1.807, 2.05) is 19.9 Å². The van der Waals surface area contributed by atoms with Crippen molar-refractivity contribution in [3.8, 4) is 0 Å². The average Bonchev–Trinajstić information content (AvgIpc) is 2.82. The predicted molar refractivity (Wildman–Crippen MR) is 88.3 cm³/mol. The van der Waals surface area contributed by atoms with Gasteiger partial charge in [0.25, 0.3) is 0 Å². The minimum absolute atomic E-state index is 0.0368. The fourth-order valence-electron chi connectivity index (χ4n) is 3.03. The molecule has 0 radical (unpaired) electrons. The van der Waals surface area contributed by atoms with Gasteiger partial charge >= 0.3 is 0 Å². The van der Waals surface area contributed by atoms with Crippen molar-refractivity contribution in [1.29, 1.82) is 0 Å². The van der Waals surface area contributed by atoms with Gasteiger partial charge in [-0.15, -0.1) is 11.3 Å². The van der Waals surface area contributed by atoms with Crippen molar-refractivity contribution in [2.75, 3.05) is 6.54 Å². The van der Waals surface area contributed by atoms with Gasteiger partial charge < -0.3 is 10.4 Å². The van der Waals surface area contributed by atoms with Crippen LogP contribution in [0.4, 0.5) is 0 Å². The van der Waals surface area contributed by atoms with E-state index in [2.05, 4.69) is 5.32 Å². The summed E-state index contributed by atoms with van der Waals surface area (Å²) in [6, 6.07) is 1.90. The number of ketones is 1. The molecule has 1 aliphatic rings. The zero-order chi connectivity index (χ0) is 16.1. The largest absolute Gasteiger partial charge is 0.393 e. The molecule has 0 aliphatic heterocycles. The SMILES string of the molecule is Cc1cc(C(=O)CCC(=O)NC[C@H]2CCCC[C@H]2O)c(C)s1. The number of carbonyl (C=O) groups excluding carboxylic acids is 2. The number of hydrogen-bond acceptors (Lipinski definition) is 4. The third kappa shape index (κ3) is 4.65. The van der Waals surface area contributed by atoms with Gasteiger partial charge in [-0.1, -0.05) is 12.8 Å². The van der Waals surface area contributed by atoms with Crippen molar-refractivity contribution in [3.63, 3.8) is 0 Å². The Hall–Kier alpha value is -1.20. The van der Waals surface area contributed by atoms with Crippen molar-refractivity contribution >= 4 is 23.0 Å². The molecule has 1 fully saturated rings. The summed E-state index contributed by atoms with van der Waals surface area (Å²) in [6.45, 7) is 4.44. The number of carbonyl (C=O) groups is 2. The summed E-state index contributed by atoms with van der Waals surface area (Å²) in [6.07, 6.45) is 4.15. The Morgan fingerprint density at radius 2 is 2.00 bits per heavy atom. The first-order valence-electron chi connectivity index (χ1n) is 8.02. The van der Waals surface area contributed by atoms with Crippen LogP contribution in [0.15, 0.2) is 6.07 Å². The van der Waals surface area contributed by atoms with Crippen molar-refractivity contribution in [2.45, 2.75) is 58.5 Å². The summed E-state index contributed by atoms with van der Waals surface area (Å²) in [5, 5.41) is 12.7. The lowest BCUT2D eigenvalue weighted by atomic mass is 9.86. The van der Waals surface area contributed by atoms with Gasteiger partial charge in [-0.25, -0.2) is 0 Å². The van der Waals surface area contributed by atoms with Crippen LogP contribution in [0.25, 0.3) is 0 Å². The Balaban J connectivity index is 1.73. The maximum Gasteiger partial charge on any atom is 0.220 e. The van der Waals surface area contributed by atoms with Crippen molar-refractivity contribution in [2.24, 2.45) is 5.92 Å². The molecule has 1 heterocycles. The molecule has 1 aromatic rings. The Kier molecular flexibility index (Phi) is 6.15. The van der Waals surface area contributed by atoms with Gasteiger partial charge in [0.05, 0.1) is 6.10 Å². The van der Waals surface area contributed by atoms with Crippen molar-refractivity contribution in [3.05, 3.63) is 21.4 Å². The van der Waals surface area contributed by atoms with Crippen LogP contribution in [0.1, 0.15) is 58.6 Å². The lowest BCUT2D eigenvalue weighted by molar-refractivity contribution is -0.121. The molecule has 22 heavy (non-hydrogen) atoms. The minimum Gasteiger partial charge on any atom is -0.393 e. The number of aryl methyl sites for hydroxylation is 2. The monoisotopic (exact) mass is 323 g/mol. The molecule has 1 aromatic heterocycles. The first-order chi connectivity index (χ1) is 10.5. The van der Waals surface area contributed by atoms with Crippen LogP contribution in [-0.4, -0.2) is 29.4 Å². The highest BCUT2D eigenvalue weighted by atomic mass is 32.1. The topological polar surface area (TPSA) is 66.4 Å². The van der Waals surface area contributed by atoms with E-state index in [9.17, 15) is 14.7 Å². The van der Waals surface area contributed by atoms with Gasteiger partial charge in [-0.3, -0.25) is 9.59 Å². The molecular weight excluding hydrogens is 298 g/mol. The molecule has 1 amide bonds. The number of rotatable bonds is 6. The molecule has 5 heteroatoms. The van der Waals surface area contributed by atoms with Crippen LogP contribution in [0.2, 0.25) is 0 Å². The van der Waals surface area contributed by atoms with Crippen LogP contribution < -0.4 is 5.32 Å². The summed E-state index contributed by atoms with van der Waals surface area (Å²) in [5.41, 5.74) is 0.748. The van der Waals surface area contributed by atoms with E-state index in [0.29, 0.717) is 6.54 Å². The number of hydrogen-bond donors (Lipinski definition) is 2. The van der Waals surface area contributed by atoms with E-state index in [-0.39, 0.29) is 36.6 Å². The number of thiophene rings is 1. The van der Waals surface area contributed by atoms with Crippen LogP contribution in [0.3, 0.4) is 0 Å². The summed E-state index contributed by atoms with van der Waals surface area (Å²) in [5.74, 6) is 0.0978. The average molecular weight is 323 g/mol. The maximum atomic E-state index is 12.1. The van der Waals surface area contributed by atoms with E-state index in [0.717, 1.165) is 41.0 Å². The lowest BCUT2D eigenvalue weighted by Gasteiger charge is -2.27. The van der Waals surface area contributed by atoms with Gasteiger partial charge in [0.15, 0.2) is 5.78 Å². The maximum absolute atomic E-state index is 12.1. The fourth-order valence-corrected chi connectivity index (χ4v) is 3.97. The number of Topliss-reactive ketones (excluding diaryl/α,β-unsaturated/α-hetero) is 1. The predicted octanol–water partition coefficient (Wildman–Crippen LogP) is 3.00. The third-order valence-electron chi connectivity index (χ3n) is 4.35. The molecule has 0 spiro atoms. The molecule has 1 aliphatic carbocycles. The van der Waals surface area contributed by atoms with Crippen LogP contribution in [0.5, 0.6) is 0 Å². The number of nitrogens with one attached hydrogen (secondary N) is 1. The number of aliphatic hydroxyl groups is 1. The van der Waals surface area contributed by atoms with E-state index in [1.165, 1.54) is 0 Å². The summed E-state index contributed by atoms with van der Waals surface area (Å²) in [7, 11) is 0. The second kappa shape index (κ2) is 7.88. The molecule has 0 aromatic carbocycles. The van der Waals surface area contributed by atoms with E-state index in [1.54, 1.807) is 11.3 Å². The highest BCUT2D eigenvalue weighted by Crippen LogP contribution is 2.24. The molecular formula is C17H25NO3S. The van der Waals surface area contributed by atoms with Crippen LogP contribution in [-0.2, 0) is 4.79 Å². The molecule has 0 unspecified atom stereocenters. The molecule has 4 nitrogen and oxygen atoms in total. The first kappa shape index (κ1) is 17.2. The molecule has 1 saturated carbocycles. The second-order valence-corrected chi connectivity index (χ2v) is 7.63. The minimum atomic E-state index is -0.299. The van der Waals surface area contributed by atoms with Gasteiger partial charge in [-0.05, 0) is 32.8 Å². The quantitative estimate of drug-likeness (QED) is 0.791. The molecule has 0 saturated heterocycles. The Bertz CT molecular complexity index is 538. The third-order valence-corrected chi connectivity index (χ3v) is 5.32. The van der Waals surface area contributed by atoms with E-state index < -0.39 is 0 Å². The molecule has 122 valence electrons. The zero-order valence-electron chi connectivity index (χ0n) is 13.4. The summed E-state index contributed by atoms with van der Waals surface area (Å²) < 4.78 is 0. The summed E-state index contributed by atoms with van der Waals surface area (Å²) in [4.78, 5) is 26.1. The summed E-state index contributed by atoms with van der Waals surface area (Å²) >= 11 is 1.61. The Morgan fingerprint density at radius 1 is 1.27 bits per heavy atom. The lowest BCUT2D eigenvalue weighted by Crippen LogP contribution is -2.36. The highest BCUT2D eigenvalue weighted by Gasteiger charge is 2.23. The number of aliphatic hydroxyl groups excluding tert-OH is 1. The van der Waals surface area contributed by atoms with E-state index >= 15 is 0 Å². The standard InChI is InChI=1S/C17H25NO3S/c1-11-9-14(12(2)22-11)16(20)7-8-17(21)18-10-13-5-3-4-6-15(13)19/h9,13,15,19H,3-8,10H2,1-2H3,(H,18,21)/t13-,15-/m1/s1.